The highest BCUT2D eigenvalue weighted by atomic mass is 35.5. The molecule has 0 aromatic heterocycles. The number of nitrogens with one attached hydrogen (secondary N) is 1. The first kappa shape index (κ1) is 16.8. The summed E-state index contributed by atoms with van der Waals surface area (Å²) < 4.78 is 38.3. The lowest BCUT2D eigenvalue weighted by Crippen LogP contribution is -2.33. The van der Waals surface area contributed by atoms with Crippen LogP contribution in [0.3, 0.4) is 0 Å². The van der Waals surface area contributed by atoms with E-state index in [1.165, 1.54) is 0 Å². The van der Waals surface area contributed by atoms with E-state index in [2.05, 4.69) is 5.32 Å². The van der Waals surface area contributed by atoms with Crippen LogP contribution in [-0.2, 0) is 10.0 Å². The monoisotopic (exact) mass is 360 g/mol. The van der Waals surface area contributed by atoms with Crippen LogP contribution < -0.4 is 14.8 Å². The van der Waals surface area contributed by atoms with Gasteiger partial charge in [-0.05, 0) is 36.9 Å². The second-order valence-corrected chi connectivity index (χ2v) is 8.26. The van der Waals surface area contributed by atoms with E-state index in [0.717, 1.165) is 25.9 Å². The fourth-order valence-electron chi connectivity index (χ4n) is 3.58. The summed E-state index contributed by atoms with van der Waals surface area (Å²) in [6.45, 7) is 4.06. The fourth-order valence-corrected chi connectivity index (χ4v) is 5.15. The Morgan fingerprint density at radius 2 is 1.91 bits per heavy atom. The summed E-state index contributed by atoms with van der Waals surface area (Å²) in [6, 6.07) is 4.88. The van der Waals surface area contributed by atoms with E-state index in [4.69, 9.17) is 9.47 Å². The van der Waals surface area contributed by atoms with Crippen molar-refractivity contribution < 1.29 is 17.9 Å². The number of halogens is 1. The third-order valence-corrected chi connectivity index (χ3v) is 6.73. The predicted molar refractivity (Wildman–Crippen MR) is 88.0 cm³/mol. The van der Waals surface area contributed by atoms with Gasteiger partial charge in [0.2, 0.25) is 10.0 Å². The predicted octanol–water partition coefficient (Wildman–Crippen LogP) is 1.25. The Labute approximate surface area is 142 Å². The molecule has 1 unspecified atom stereocenters. The number of hydrogen-bond acceptors (Lipinski definition) is 5. The zero-order chi connectivity index (χ0) is 15.2. The number of sulfonamides is 1. The Morgan fingerprint density at radius 1 is 1.13 bits per heavy atom. The fraction of sp³-hybridized carbons (Fsp3) is 0.600. The Morgan fingerprint density at radius 3 is 2.65 bits per heavy atom. The van der Waals surface area contributed by atoms with E-state index in [0.29, 0.717) is 42.7 Å². The van der Waals surface area contributed by atoms with Crippen molar-refractivity contribution in [2.24, 2.45) is 5.41 Å². The van der Waals surface area contributed by atoms with E-state index >= 15 is 0 Å². The highest BCUT2D eigenvalue weighted by Crippen LogP contribution is 2.39. The summed E-state index contributed by atoms with van der Waals surface area (Å²) in [5, 5.41) is 3.35. The number of benzene rings is 1. The molecule has 2 fully saturated rings. The zero-order valence-electron chi connectivity index (χ0n) is 12.8. The minimum Gasteiger partial charge on any atom is -0.486 e. The van der Waals surface area contributed by atoms with Gasteiger partial charge in [0.05, 0.1) is 4.90 Å². The molecule has 4 rings (SSSR count). The molecule has 1 atom stereocenters. The molecule has 0 radical (unpaired) electrons. The minimum absolute atomic E-state index is 0. The van der Waals surface area contributed by atoms with E-state index in [-0.39, 0.29) is 17.8 Å². The van der Waals surface area contributed by atoms with Crippen molar-refractivity contribution in [2.75, 3.05) is 39.4 Å². The second kappa shape index (κ2) is 6.12. The number of hydrogen-bond donors (Lipinski definition) is 1. The summed E-state index contributed by atoms with van der Waals surface area (Å²) in [4.78, 5) is 0.291. The van der Waals surface area contributed by atoms with Crippen molar-refractivity contribution >= 4 is 22.4 Å². The number of rotatable bonds is 2. The van der Waals surface area contributed by atoms with Gasteiger partial charge in [-0.25, -0.2) is 8.42 Å². The van der Waals surface area contributed by atoms with Crippen molar-refractivity contribution in [1.82, 2.24) is 9.62 Å². The molecule has 0 saturated carbocycles. The van der Waals surface area contributed by atoms with Crippen LogP contribution >= 0.6 is 12.4 Å². The Bertz CT molecular complexity index is 689. The quantitative estimate of drug-likeness (QED) is 0.859. The third-order valence-electron chi connectivity index (χ3n) is 4.89. The van der Waals surface area contributed by atoms with Crippen LogP contribution in [0.4, 0.5) is 0 Å². The summed E-state index contributed by atoms with van der Waals surface area (Å²) in [5.74, 6) is 1.13. The molecule has 2 saturated heterocycles. The average Bonchev–Trinajstić information content (AvgIpc) is 3.18. The molecule has 128 valence electrons. The second-order valence-electron chi connectivity index (χ2n) is 6.32. The molecular formula is C15H21ClN2O4S. The molecule has 1 spiro atoms. The molecule has 8 heteroatoms. The maximum Gasteiger partial charge on any atom is 0.243 e. The highest BCUT2D eigenvalue weighted by molar-refractivity contribution is 7.89. The van der Waals surface area contributed by atoms with Crippen LogP contribution in [0.2, 0.25) is 0 Å². The van der Waals surface area contributed by atoms with Crippen LogP contribution in [0, 0.1) is 5.41 Å². The summed E-state index contributed by atoms with van der Waals surface area (Å²) in [7, 11) is -3.47. The van der Waals surface area contributed by atoms with Crippen LogP contribution in [-0.4, -0.2) is 52.1 Å². The van der Waals surface area contributed by atoms with Gasteiger partial charge in [0.1, 0.15) is 13.2 Å². The van der Waals surface area contributed by atoms with Gasteiger partial charge in [-0.3, -0.25) is 0 Å². The Balaban J connectivity index is 0.00000156. The number of ether oxygens (including phenoxy) is 2. The SMILES string of the molecule is Cl.O=S(=O)(c1ccc2c(c1)OCCO2)N1CCC2(CCNC2)C1. The minimum atomic E-state index is -3.47. The molecular weight excluding hydrogens is 340 g/mol. The van der Waals surface area contributed by atoms with Gasteiger partial charge < -0.3 is 14.8 Å². The number of fused-ring (bicyclic) bond motifs is 1. The lowest BCUT2D eigenvalue weighted by Gasteiger charge is -2.23. The summed E-state index contributed by atoms with van der Waals surface area (Å²) in [6.07, 6.45) is 1.99. The van der Waals surface area contributed by atoms with Crippen molar-refractivity contribution in [3.05, 3.63) is 18.2 Å². The van der Waals surface area contributed by atoms with Crippen LogP contribution in [0.15, 0.2) is 23.1 Å². The first-order valence-electron chi connectivity index (χ1n) is 7.70. The van der Waals surface area contributed by atoms with Gasteiger partial charge in [0.25, 0.3) is 0 Å². The normalized spacial score (nSPS) is 27.1. The zero-order valence-corrected chi connectivity index (χ0v) is 14.4. The smallest absolute Gasteiger partial charge is 0.243 e. The van der Waals surface area contributed by atoms with E-state index < -0.39 is 10.0 Å². The van der Waals surface area contributed by atoms with Crippen LogP contribution in [0.5, 0.6) is 11.5 Å². The van der Waals surface area contributed by atoms with E-state index in [1.807, 2.05) is 0 Å². The first-order chi connectivity index (χ1) is 10.6. The molecule has 0 aliphatic carbocycles. The van der Waals surface area contributed by atoms with Gasteiger partial charge >= 0.3 is 0 Å². The third kappa shape index (κ3) is 2.91. The molecule has 1 N–H and O–H groups in total. The van der Waals surface area contributed by atoms with Crippen LogP contribution in [0.25, 0.3) is 0 Å². The molecule has 0 amide bonds. The highest BCUT2D eigenvalue weighted by Gasteiger charge is 2.44. The molecule has 3 aliphatic rings. The summed E-state index contributed by atoms with van der Waals surface area (Å²) >= 11 is 0. The van der Waals surface area contributed by atoms with Crippen LogP contribution in [0.1, 0.15) is 12.8 Å². The van der Waals surface area contributed by atoms with Gasteiger partial charge in [-0.2, -0.15) is 4.31 Å². The van der Waals surface area contributed by atoms with Gasteiger partial charge in [0.15, 0.2) is 11.5 Å². The molecule has 0 bridgehead atoms. The molecule has 3 heterocycles. The van der Waals surface area contributed by atoms with Gasteiger partial charge in [0, 0.05) is 25.7 Å². The number of nitrogens with zero attached hydrogens (tertiary/aromatic N) is 1. The molecule has 6 nitrogen and oxygen atoms in total. The van der Waals surface area contributed by atoms with E-state index in [1.54, 1.807) is 22.5 Å². The van der Waals surface area contributed by atoms with Crippen molar-refractivity contribution in [1.29, 1.82) is 0 Å². The average molecular weight is 361 g/mol. The molecule has 1 aromatic carbocycles. The van der Waals surface area contributed by atoms with Crippen molar-refractivity contribution in [3.63, 3.8) is 0 Å². The lowest BCUT2D eigenvalue weighted by molar-refractivity contribution is 0.171. The molecule has 1 aromatic rings. The lowest BCUT2D eigenvalue weighted by atomic mass is 9.87. The molecule has 23 heavy (non-hydrogen) atoms. The first-order valence-corrected chi connectivity index (χ1v) is 9.14. The summed E-state index contributed by atoms with van der Waals surface area (Å²) in [5.41, 5.74) is 0.126. The maximum absolute atomic E-state index is 12.9. The Hall–Kier alpha value is -1.02. The van der Waals surface area contributed by atoms with Gasteiger partial charge in [-0.1, -0.05) is 0 Å². The maximum atomic E-state index is 12.9. The van der Waals surface area contributed by atoms with Crippen molar-refractivity contribution in [2.45, 2.75) is 17.7 Å². The van der Waals surface area contributed by atoms with E-state index in [9.17, 15) is 8.42 Å². The largest absolute Gasteiger partial charge is 0.486 e. The topological polar surface area (TPSA) is 67.9 Å². The Kier molecular flexibility index (Phi) is 4.48. The molecule has 3 aliphatic heterocycles. The van der Waals surface area contributed by atoms with Crippen molar-refractivity contribution in [3.8, 4) is 11.5 Å². The van der Waals surface area contributed by atoms with Gasteiger partial charge in [-0.15, -0.1) is 12.4 Å². The standard InChI is InChI=1S/C15H20N2O4S.ClH/c18-22(19,17-6-4-15(11-17)3-5-16-10-15)12-1-2-13-14(9-12)21-8-7-20-13;/h1-2,9,16H,3-8,10-11H2;1H.